The predicted octanol–water partition coefficient (Wildman–Crippen LogP) is 4.73. The van der Waals surface area contributed by atoms with Gasteiger partial charge in [0, 0.05) is 28.9 Å². The molecular weight excluding hydrogens is 316 g/mol. The van der Waals surface area contributed by atoms with Gasteiger partial charge in [0.2, 0.25) is 0 Å². The highest BCUT2D eigenvalue weighted by atomic mass is 35.5. The van der Waals surface area contributed by atoms with Gasteiger partial charge >= 0.3 is 0 Å². The van der Waals surface area contributed by atoms with Gasteiger partial charge in [-0.25, -0.2) is 0 Å². The standard InChI is InChI=1S/C17H18N2OS.ClH/c1-12-3-5-14(6-4-12)17-8-7-16(21-17)11-18-10-15-9-13(2)20-19-15;/h3-9,18H,10-11H2,1-2H3;1H. The molecule has 2 heterocycles. The first kappa shape index (κ1) is 16.7. The minimum Gasteiger partial charge on any atom is -0.361 e. The molecule has 3 rings (SSSR count). The molecule has 1 N–H and O–H groups in total. The van der Waals surface area contributed by atoms with Gasteiger partial charge in [-0.15, -0.1) is 23.7 Å². The molecule has 0 aliphatic carbocycles. The lowest BCUT2D eigenvalue weighted by Gasteiger charge is -2.00. The van der Waals surface area contributed by atoms with E-state index >= 15 is 0 Å². The zero-order chi connectivity index (χ0) is 14.7. The molecule has 3 nitrogen and oxygen atoms in total. The van der Waals surface area contributed by atoms with Crippen LogP contribution in [0.2, 0.25) is 0 Å². The number of rotatable bonds is 5. The Balaban J connectivity index is 0.00000176. The maximum atomic E-state index is 5.05. The lowest BCUT2D eigenvalue weighted by atomic mass is 10.1. The number of benzene rings is 1. The van der Waals surface area contributed by atoms with Gasteiger partial charge in [0.15, 0.2) is 0 Å². The van der Waals surface area contributed by atoms with Crippen LogP contribution in [0, 0.1) is 13.8 Å². The first-order valence-electron chi connectivity index (χ1n) is 6.99. The average molecular weight is 335 g/mol. The fourth-order valence-corrected chi connectivity index (χ4v) is 3.14. The highest BCUT2D eigenvalue weighted by molar-refractivity contribution is 7.15. The number of halogens is 1. The summed E-state index contributed by atoms with van der Waals surface area (Å²) in [6, 6.07) is 15.0. The summed E-state index contributed by atoms with van der Waals surface area (Å²) in [5.41, 5.74) is 3.52. The topological polar surface area (TPSA) is 38.1 Å². The van der Waals surface area contributed by atoms with Gasteiger partial charge in [0.05, 0.1) is 5.69 Å². The fraction of sp³-hybridized carbons (Fsp3) is 0.235. The molecule has 0 unspecified atom stereocenters. The van der Waals surface area contributed by atoms with E-state index in [1.807, 2.05) is 24.3 Å². The summed E-state index contributed by atoms with van der Waals surface area (Å²) in [4.78, 5) is 2.63. The second-order valence-corrected chi connectivity index (χ2v) is 6.33. The summed E-state index contributed by atoms with van der Waals surface area (Å²) in [7, 11) is 0. The van der Waals surface area contributed by atoms with E-state index < -0.39 is 0 Å². The van der Waals surface area contributed by atoms with E-state index in [1.54, 1.807) is 0 Å². The summed E-state index contributed by atoms with van der Waals surface area (Å²) in [6.07, 6.45) is 0. The van der Waals surface area contributed by atoms with Crippen LogP contribution < -0.4 is 5.32 Å². The Bertz CT molecular complexity index is 718. The van der Waals surface area contributed by atoms with Crippen molar-refractivity contribution in [2.75, 3.05) is 0 Å². The minimum atomic E-state index is 0. The average Bonchev–Trinajstić information content (AvgIpc) is 3.09. The van der Waals surface area contributed by atoms with Gasteiger partial charge < -0.3 is 9.84 Å². The van der Waals surface area contributed by atoms with Crippen molar-refractivity contribution in [2.45, 2.75) is 26.9 Å². The lowest BCUT2D eigenvalue weighted by Crippen LogP contribution is -2.11. The molecule has 0 aliphatic heterocycles. The summed E-state index contributed by atoms with van der Waals surface area (Å²) in [5.74, 6) is 0.851. The number of hydrogen-bond acceptors (Lipinski definition) is 4. The number of aryl methyl sites for hydroxylation is 2. The predicted molar refractivity (Wildman–Crippen MR) is 93.5 cm³/mol. The molecule has 0 saturated carbocycles. The quantitative estimate of drug-likeness (QED) is 0.733. The Morgan fingerprint density at radius 3 is 2.50 bits per heavy atom. The molecule has 1 aromatic carbocycles. The third-order valence-corrected chi connectivity index (χ3v) is 4.41. The van der Waals surface area contributed by atoms with Crippen LogP contribution in [0.25, 0.3) is 10.4 Å². The number of aromatic nitrogens is 1. The van der Waals surface area contributed by atoms with E-state index in [4.69, 9.17) is 4.52 Å². The van der Waals surface area contributed by atoms with Crippen LogP contribution in [0.4, 0.5) is 0 Å². The van der Waals surface area contributed by atoms with Gasteiger partial charge in [-0.1, -0.05) is 35.0 Å². The maximum Gasteiger partial charge on any atom is 0.133 e. The Morgan fingerprint density at radius 1 is 1.05 bits per heavy atom. The third kappa shape index (κ3) is 4.19. The van der Waals surface area contributed by atoms with E-state index in [1.165, 1.54) is 20.9 Å². The van der Waals surface area contributed by atoms with Crippen molar-refractivity contribution in [1.82, 2.24) is 10.5 Å². The molecule has 3 aromatic rings. The molecule has 22 heavy (non-hydrogen) atoms. The Morgan fingerprint density at radius 2 is 1.82 bits per heavy atom. The van der Waals surface area contributed by atoms with Crippen molar-refractivity contribution < 1.29 is 4.52 Å². The van der Waals surface area contributed by atoms with Crippen LogP contribution in [0.1, 0.15) is 21.9 Å². The zero-order valence-corrected chi connectivity index (χ0v) is 14.3. The van der Waals surface area contributed by atoms with Crippen LogP contribution in [0.5, 0.6) is 0 Å². The second-order valence-electron chi connectivity index (χ2n) is 5.16. The largest absolute Gasteiger partial charge is 0.361 e. The van der Waals surface area contributed by atoms with Crippen molar-refractivity contribution in [2.24, 2.45) is 0 Å². The van der Waals surface area contributed by atoms with E-state index in [2.05, 4.69) is 53.8 Å². The van der Waals surface area contributed by atoms with E-state index in [9.17, 15) is 0 Å². The first-order chi connectivity index (χ1) is 10.2. The smallest absolute Gasteiger partial charge is 0.133 e. The Labute approximate surface area is 140 Å². The summed E-state index contributed by atoms with van der Waals surface area (Å²) < 4.78 is 5.05. The van der Waals surface area contributed by atoms with Crippen LogP contribution >= 0.6 is 23.7 Å². The van der Waals surface area contributed by atoms with Crippen LogP contribution in [0.3, 0.4) is 0 Å². The van der Waals surface area contributed by atoms with E-state index in [-0.39, 0.29) is 12.4 Å². The van der Waals surface area contributed by atoms with Crippen molar-refractivity contribution >= 4 is 23.7 Å². The molecule has 2 aromatic heterocycles. The molecule has 0 aliphatic rings. The molecule has 0 fully saturated rings. The van der Waals surface area contributed by atoms with Crippen LogP contribution in [-0.4, -0.2) is 5.16 Å². The van der Waals surface area contributed by atoms with Gasteiger partial charge in [0.25, 0.3) is 0 Å². The van der Waals surface area contributed by atoms with E-state index in [0.29, 0.717) is 0 Å². The summed E-state index contributed by atoms with van der Waals surface area (Å²) >= 11 is 1.83. The number of thiophene rings is 1. The SMILES string of the molecule is Cc1ccc(-c2ccc(CNCc3cc(C)on3)s2)cc1.Cl. The molecule has 0 radical (unpaired) electrons. The van der Waals surface area contributed by atoms with Gasteiger partial charge in [-0.05, 0) is 31.5 Å². The van der Waals surface area contributed by atoms with Crippen LogP contribution in [-0.2, 0) is 13.1 Å². The van der Waals surface area contributed by atoms with E-state index in [0.717, 1.165) is 24.5 Å². The summed E-state index contributed by atoms with van der Waals surface area (Å²) in [6.45, 7) is 5.60. The zero-order valence-electron chi connectivity index (χ0n) is 12.6. The lowest BCUT2D eigenvalue weighted by molar-refractivity contribution is 0.388. The number of hydrogen-bond donors (Lipinski definition) is 1. The Hall–Kier alpha value is -1.62. The molecule has 0 atom stereocenters. The normalized spacial score (nSPS) is 10.5. The molecule has 0 amide bonds. The number of nitrogens with zero attached hydrogens (tertiary/aromatic N) is 1. The van der Waals surface area contributed by atoms with Crippen LogP contribution in [0.15, 0.2) is 47.0 Å². The molecule has 0 spiro atoms. The molecule has 0 bridgehead atoms. The van der Waals surface area contributed by atoms with Gasteiger partial charge in [-0.3, -0.25) is 0 Å². The molecular formula is C17H19ClN2OS. The molecule has 0 saturated heterocycles. The van der Waals surface area contributed by atoms with Gasteiger partial charge in [0.1, 0.15) is 5.76 Å². The first-order valence-corrected chi connectivity index (χ1v) is 7.81. The third-order valence-electron chi connectivity index (χ3n) is 3.28. The monoisotopic (exact) mass is 334 g/mol. The van der Waals surface area contributed by atoms with Crippen molar-refractivity contribution in [1.29, 1.82) is 0 Å². The molecule has 116 valence electrons. The van der Waals surface area contributed by atoms with Gasteiger partial charge in [-0.2, -0.15) is 0 Å². The summed E-state index contributed by atoms with van der Waals surface area (Å²) in [5, 5.41) is 7.37. The van der Waals surface area contributed by atoms with Crippen molar-refractivity contribution in [3.05, 3.63) is 64.4 Å². The second kappa shape index (κ2) is 7.58. The fourth-order valence-electron chi connectivity index (χ4n) is 2.16. The maximum absolute atomic E-state index is 5.05. The Kier molecular flexibility index (Phi) is 5.77. The molecule has 5 heteroatoms. The highest BCUT2D eigenvalue weighted by Gasteiger charge is 2.04. The van der Waals surface area contributed by atoms with Crippen molar-refractivity contribution in [3.63, 3.8) is 0 Å². The minimum absolute atomic E-state index is 0. The number of nitrogens with one attached hydrogen (secondary N) is 1. The van der Waals surface area contributed by atoms with Crippen molar-refractivity contribution in [3.8, 4) is 10.4 Å². The highest BCUT2D eigenvalue weighted by Crippen LogP contribution is 2.28.